The van der Waals surface area contributed by atoms with Gasteiger partial charge < -0.3 is 20.1 Å². The molecule has 2 N–H and O–H groups in total. The van der Waals surface area contributed by atoms with Crippen molar-refractivity contribution in [2.24, 2.45) is 5.73 Å². The molecule has 0 aliphatic carbocycles. The lowest BCUT2D eigenvalue weighted by Crippen LogP contribution is -2.51. The fourth-order valence-corrected chi connectivity index (χ4v) is 2.71. The Labute approximate surface area is 140 Å². The van der Waals surface area contributed by atoms with E-state index in [1.165, 1.54) is 4.90 Å². The smallest absolute Gasteiger partial charge is 0.310 e. The monoisotopic (exact) mass is 334 g/mol. The third kappa shape index (κ3) is 4.71. The highest BCUT2D eigenvalue weighted by Crippen LogP contribution is 2.17. The van der Waals surface area contributed by atoms with Gasteiger partial charge in [0.25, 0.3) is 5.91 Å². The number of ether oxygens (including phenoxy) is 2. The second kappa shape index (κ2) is 8.33. The van der Waals surface area contributed by atoms with E-state index < -0.39 is 17.9 Å². The van der Waals surface area contributed by atoms with Gasteiger partial charge in [0.15, 0.2) is 6.61 Å². The summed E-state index contributed by atoms with van der Waals surface area (Å²) in [6, 6.07) is 6.41. The number of nitrogens with two attached hydrogens (primary N) is 1. The number of rotatable bonds is 6. The number of primary amides is 1. The summed E-state index contributed by atoms with van der Waals surface area (Å²) in [6.45, 7) is 0.0846. The van der Waals surface area contributed by atoms with Gasteiger partial charge in [-0.05, 0) is 37.0 Å². The normalized spacial score (nSPS) is 17.2. The number of nitrogens with zero attached hydrogens (tertiary/aromatic N) is 1. The molecule has 1 saturated heterocycles. The van der Waals surface area contributed by atoms with E-state index in [1.807, 2.05) is 0 Å². The maximum Gasteiger partial charge on any atom is 0.310 e. The van der Waals surface area contributed by atoms with E-state index in [2.05, 4.69) is 0 Å². The Bertz CT molecular complexity index is 600. The van der Waals surface area contributed by atoms with Gasteiger partial charge in [-0.15, -0.1) is 0 Å². The molecule has 0 spiro atoms. The fourth-order valence-electron chi connectivity index (χ4n) is 2.71. The Hall–Kier alpha value is -2.57. The molecule has 7 nitrogen and oxygen atoms in total. The van der Waals surface area contributed by atoms with Gasteiger partial charge in [0.1, 0.15) is 11.8 Å². The van der Waals surface area contributed by atoms with Crippen LogP contribution in [0.5, 0.6) is 5.75 Å². The summed E-state index contributed by atoms with van der Waals surface area (Å²) in [7, 11) is 1.56. The number of benzene rings is 1. The molecule has 0 saturated carbocycles. The first-order valence-electron chi connectivity index (χ1n) is 7.88. The van der Waals surface area contributed by atoms with Crippen LogP contribution in [0, 0.1) is 0 Å². The van der Waals surface area contributed by atoms with Crippen LogP contribution in [0.25, 0.3) is 0 Å². The standard InChI is InChI=1S/C17H22N2O5/c1-23-13-7-5-12(6-8-13)10-16(21)24-11-15(20)19-9-3-2-4-14(19)17(18)22/h5-8,14H,2-4,9-11H2,1H3,(H2,18,22)/t14-/m1/s1. The maximum atomic E-state index is 12.2. The number of amides is 2. The second-order valence-electron chi connectivity index (χ2n) is 5.69. The van der Waals surface area contributed by atoms with Gasteiger partial charge in [-0.25, -0.2) is 0 Å². The average Bonchev–Trinajstić information content (AvgIpc) is 2.60. The Morgan fingerprint density at radius 1 is 1.21 bits per heavy atom. The molecule has 2 rings (SSSR count). The predicted molar refractivity (Wildman–Crippen MR) is 86.2 cm³/mol. The van der Waals surface area contributed by atoms with Crippen molar-refractivity contribution in [3.63, 3.8) is 0 Å². The Morgan fingerprint density at radius 2 is 1.92 bits per heavy atom. The molecule has 1 heterocycles. The van der Waals surface area contributed by atoms with Crippen molar-refractivity contribution in [3.05, 3.63) is 29.8 Å². The molecule has 0 radical (unpaired) electrons. The number of hydrogen-bond acceptors (Lipinski definition) is 5. The predicted octanol–water partition coefficient (Wildman–Crippen LogP) is 0.647. The van der Waals surface area contributed by atoms with Gasteiger partial charge in [-0.3, -0.25) is 14.4 Å². The lowest BCUT2D eigenvalue weighted by molar-refractivity contribution is -0.154. The molecule has 1 fully saturated rings. The summed E-state index contributed by atoms with van der Waals surface area (Å²) in [4.78, 5) is 36.9. The first kappa shape index (κ1) is 17.8. The van der Waals surface area contributed by atoms with Gasteiger partial charge in [0.05, 0.1) is 13.5 Å². The molecular weight excluding hydrogens is 312 g/mol. The van der Waals surface area contributed by atoms with E-state index in [4.69, 9.17) is 15.2 Å². The number of piperidine rings is 1. The number of esters is 1. The Morgan fingerprint density at radius 3 is 2.54 bits per heavy atom. The molecule has 0 bridgehead atoms. The zero-order chi connectivity index (χ0) is 17.5. The number of carbonyl (C=O) groups is 3. The Kier molecular flexibility index (Phi) is 6.17. The molecule has 130 valence electrons. The molecule has 24 heavy (non-hydrogen) atoms. The van der Waals surface area contributed by atoms with E-state index >= 15 is 0 Å². The summed E-state index contributed by atoms with van der Waals surface area (Å²) in [5.41, 5.74) is 6.09. The van der Waals surface area contributed by atoms with E-state index in [0.717, 1.165) is 18.4 Å². The number of carbonyl (C=O) groups excluding carboxylic acids is 3. The maximum absolute atomic E-state index is 12.2. The lowest BCUT2D eigenvalue weighted by Gasteiger charge is -2.33. The fraction of sp³-hybridized carbons (Fsp3) is 0.471. The van der Waals surface area contributed by atoms with Crippen LogP contribution >= 0.6 is 0 Å². The van der Waals surface area contributed by atoms with Gasteiger partial charge in [-0.1, -0.05) is 12.1 Å². The van der Waals surface area contributed by atoms with Gasteiger partial charge in [0, 0.05) is 6.54 Å². The third-order valence-corrected chi connectivity index (χ3v) is 4.02. The minimum absolute atomic E-state index is 0.0660. The number of likely N-dealkylation sites (tertiary alicyclic amines) is 1. The summed E-state index contributed by atoms with van der Waals surface area (Å²) in [5.74, 6) is -0.708. The summed E-state index contributed by atoms with van der Waals surface area (Å²) in [6.07, 6.45) is 2.29. The first-order valence-corrected chi connectivity index (χ1v) is 7.88. The van der Waals surface area contributed by atoms with Crippen LogP contribution in [0.2, 0.25) is 0 Å². The van der Waals surface area contributed by atoms with Crippen LogP contribution in [0.4, 0.5) is 0 Å². The Balaban J connectivity index is 1.83. The second-order valence-corrected chi connectivity index (χ2v) is 5.69. The first-order chi connectivity index (χ1) is 11.5. The highest BCUT2D eigenvalue weighted by molar-refractivity contribution is 5.88. The van der Waals surface area contributed by atoms with Gasteiger partial charge in [-0.2, -0.15) is 0 Å². The van der Waals surface area contributed by atoms with Crippen molar-refractivity contribution < 1.29 is 23.9 Å². The quantitative estimate of drug-likeness (QED) is 0.770. The summed E-state index contributed by atoms with van der Waals surface area (Å²) in [5, 5.41) is 0. The van der Waals surface area contributed by atoms with Crippen LogP contribution < -0.4 is 10.5 Å². The van der Waals surface area contributed by atoms with Crippen molar-refractivity contribution >= 4 is 17.8 Å². The molecular formula is C17H22N2O5. The zero-order valence-corrected chi connectivity index (χ0v) is 13.7. The van der Waals surface area contributed by atoms with Crippen LogP contribution in [-0.2, 0) is 25.5 Å². The SMILES string of the molecule is COc1ccc(CC(=O)OCC(=O)N2CCCC[C@@H]2C(N)=O)cc1. The van der Waals surface area contributed by atoms with Crippen molar-refractivity contribution in [1.29, 1.82) is 0 Å². The minimum atomic E-state index is -0.605. The third-order valence-electron chi connectivity index (χ3n) is 4.02. The van der Waals surface area contributed by atoms with Crippen LogP contribution in [0.1, 0.15) is 24.8 Å². The number of hydrogen-bond donors (Lipinski definition) is 1. The molecule has 1 aliphatic heterocycles. The lowest BCUT2D eigenvalue weighted by atomic mass is 10.0. The number of methoxy groups -OCH3 is 1. The average molecular weight is 334 g/mol. The molecule has 1 atom stereocenters. The van der Waals surface area contributed by atoms with Crippen molar-refractivity contribution in [1.82, 2.24) is 4.90 Å². The van der Waals surface area contributed by atoms with Crippen molar-refractivity contribution in [2.75, 3.05) is 20.3 Å². The van der Waals surface area contributed by atoms with Crippen LogP contribution in [0.3, 0.4) is 0 Å². The van der Waals surface area contributed by atoms with E-state index in [0.29, 0.717) is 18.7 Å². The summed E-state index contributed by atoms with van der Waals surface area (Å²) >= 11 is 0. The van der Waals surface area contributed by atoms with Gasteiger partial charge in [0.2, 0.25) is 5.91 Å². The van der Waals surface area contributed by atoms with E-state index in [1.54, 1.807) is 31.4 Å². The van der Waals surface area contributed by atoms with E-state index in [-0.39, 0.29) is 18.9 Å². The van der Waals surface area contributed by atoms with Gasteiger partial charge >= 0.3 is 5.97 Å². The minimum Gasteiger partial charge on any atom is -0.497 e. The topological polar surface area (TPSA) is 98.9 Å². The van der Waals surface area contributed by atoms with Crippen LogP contribution in [-0.4, -0.2) is 49.0 Å². The highest BCUT2D eigenvalue weighted by atomic mass is 16.5. The summed E-state index contributed by atoms with van der Waals surface area (Å²) < 4.78 is 10.1. The molecule has 0 unspecified atom stereocenters. The molecule has 2 amide bonds. The largest absolute Gasteiger partial charge is 0.497 e. The molecule has 0 aromatic heterocycles. The van der Waals surface area contributed by atoms with Crippen LogP contribution in [0.15, 0.2) is 24.3 Å². The molecule has 1 aliphatic rings. The molecule has 7 heteroatoms. The van der Waals surface area contributed by atoms with Crippen molar-refractivity contribution in [3.8, 4) is 5.75 Å². The van der Waals surface area contributed by atoms with E-state index in [9.17, 15) is 14.4 Å². The zero-order valence-electron chi connectivity index (χ0n) is 13.7. The highest BCUT2D eigenvalue weighted by Gasteiger charge is 2.30. The molecule has 1 aromatic carbocycles. The molecule has 1 aromatic rings. The van der Waals surface area contributed by atoms with Crippen molar-refractivity contribution in [2.45, 2.75) is 31.7 Å².